The number of carbonyl (C=O) groups is 3. The standard InChI is InChI=1S/C37H44N6O5/c1-24(2)30-13-14-31(41-40-30)26-9-11-29(12-10-26)47-32-20-27(7-8-28(32)22-43-21-25(3)19-33(43)44)34(45)39-37(23-38)15-17-42(18-16-37)35(46)48-36(4,5)6/h7-14,20,24-25H,15-19,21-22H2,1-6H3,(H,39,45)/t25-/m0/s1. The van der Waals surface area contributed by atoms with E-state index in [9.17, 15) is 19.6 Å². The van der Waals surface area contributed by atoms with Gasteiger partial charge in [0.2, 0.25) is 5.91 Å². The molecular weight excluding hydrogens is 608 g/mol. The number of rotatable bonds is 8. The van der Waals surface area contributed by atoms with Crippen LogP contribution in [0.5, 0.6) is 11.5 Å². The van der Waals surface area contributed by atoms with E-state index in [1.54, 1.807) is 48.8 Å². The number of piperidine rings is 1. The summed E-state index contributed by atoms with van der Waals surface area (Å²) in [4.78, 5) is 42.2. The Hall–Kier alpha value is -4.98. The normalized spacial score (nSPS) is 17.6. The van der Waals surface area contributed by atoms with Crippen LogP contribution in [0.15, 0.2) is 54.6 Å². The van der Waals surface area contributed by atoms with Crippen LogP contribution in [-0.2, 0) is 16.1 Å². The Morgan fingerprint density at radius 3 is 2.33 bits per heavy atom. The fourth-order valence-corrected chi connectivity index (χ4v) is 5.83. The molecule has 0 saturated carbocycles. The van der Waals surface area contributed by atoms with Gasteiger partial charge in [0.25, 0.3) is 5.91 Å². The fraction of sp³-hybridized carbons (Fsp3) is 0.459. The van der Waals surface area contributed by atoms with E-state index in [1.807, 2.05) is 43.3 Å². The molecule has 48 heavy (non-hydrogen) atoms. The largest absolute Gasteiger partial charge is 0.457 e. The molecule has 0 bridgehead atoms. The first-order valence-corrected chi connectivity index (χ1v) is 16.5. The molecule has 2 aliphatic heterocycles. The third kappa shape index (κ3) is 8.29. The topological polar surface area (TPSA) is 138 Å². The maximum absolute atomic E-state index is 13.6. The highest BCUT2D eigenvalue weighted by molar-refractivity contribution is 5.95. The molecule has 252 valence electrons. The molecule has 3 amide bonds. The van der Waals surface area contributed by atoms with Crippen molar-refractivity contribution in [2.45, 2.75) is 84.4 Å². The van der Waals surface area contributed by atoms with Gasteiger partial charge in [-0.2, -0.15) is 15.5 Å². The Kier molecular flexibility index (Phi) is 10.0. The van der Waals surface area contributed by atoms with Gasteiger partial charge in [-0.3, -0.25) is 9.59 Å². The lowest BCUT2D eigenvalue weighted by atomic mass is 9.88. The molecule has 2 aromatic carbocycles. The second kappa shape index (κ2) is 14.0. The molecule has 1 aromatic heterocycles. The zero-order chi connectivity index (χ0) is 34.6. The van der Waals surface area contributed by atoms with Crippen molar-refractivity contribution >= 4 is 17.9 Å². The lowest BCUT2D eigenvalue weighted by Crippen LogP contribution is -2.55. The molecule has 11 nitrogen and oxygen atoms in total. The van der Waals surface area contributed by atoms with Gasteiger partial charge in [0, 0.05) is 62.1 Å². The van der Waals surface area contributed by atoms with Gasteiger partial charge in [-0.25, -0.2) is 4.79 Å². The molecule has 2 fully saturated rings. The molecule has 0 aliphatic carbocycles. The average molecular weight is 653 g/mol. The molecule has 5 rings (SSSR count). The number of hydrogen-bond donors (Lipinski definition) is 1. The average Bonchev–Trinajstić information content (AvgIpc) is 3.37. The van der Waals surface area contributed by atoms with Crippen molar-refractivity contribution in [3.63, 3.8) is 0 Å². The van der Waals surface area contributed by atoms with Crippen LogP contribution >= 0.6 is 0 Å². The number of carbonyl (C=O) groups excluding carboxylic acids is 3. The van der Waals surface area contributed by atoms with Gasteiger partial charge >= 0.3 is 6.09 Å². The van der Waals surface area contributed by atoms with E-state index in [0.717, 1.165) is 22.5 Å². The highest BCUT2D eigenvalue weighted by atomic mass is 16.6. The predicted molar refractivity (Wildman–Crippen MR) is 180 cm³/mol. The summed E-state index contributed by atoms with van der Waals surface area (Å²) in [6.07, 6.45) is 0.596. The van der Waals surface area contributed by atoms with Gasteiger partial charge < -0.3 is 24.6 Å². The summed E-state index contributed by atoms with van der Waals surface area (Å²) >= 11 is 0. The van der Waals surface area contributed by atoms with Crippen LogP contribution in [-0.4, -0.2) is 68.7 Å². The van der Waals surface area contributed by atoms with Gasteiger partial charge in [0.1, 0.15) is 22.6 Å². The number of amides is 3. The second-order valence-electron chi connectivity index (χ2n) is 14.1. The van der Waals surface area contributed by atoms with E-state index in [1.165, 1.54) is 0 Å². The van der Waals surface area contributed by atoms with Crippen molar-refractivity contribution < 1.29 is 23.9 Å². The number of nitriles is 1. The van der Waals surface area contributed by atoms with E-state index >= 15 is 0 Å². The smallest absolute Gasteiger partial charge is 0.410 e. The molecule has 2 saturated heterocycles. The van der Waals surface area contributed by atoms with E-state index in [4.69, 9.17) is 9.47 Å². The molecule has 1 atom stereocenters. The Morgan fingerprint density at radius 2 is 1.77 bits per heavy atom. The molecular formula is C37H44N6O5. The zero-order valence-electron chi connectivity index (χ0n) is 28.6. The molecule has 3 aromatic rings. The summed E-state index contributed by atoms with van der Waals surface area (Å²) in [6.45, 7) is 13.2. The first kappa shape index (κ1) is 34.4. The zero-order valence-corrected chi connectivity index (χ0v) is 28.6. The van der Waals surface area contributed by atoms with Gasteiger partial charge in [-0.15, -0.1) is 0 Å². The van der Waals surface area contributed by atoms with Gasteiger partial charge in [0.05, 0.1) is 17.5 Å². The Balaban J connectivity index is 1.34. The Labute approximate surface area is 282 Å². The third-order valence-electron chi connectivity index (χ3n) is 8.59. The highest BCUT2D eigenvalue weighted by Crippen LogP contribution is 2.32. The van der Waals surface area contributed by atoms with Crippen LogP contribution < -0.4 is 10.1 Å². The molecule has 11 heteroatoms. The Morgan fingerprint density at radius 1 is 1.06 bits per heavy atom. The summed E-state index contributed by atoms with van der Waals surface area (Å²) in [7, 11) is 0. The SMILES string of the molecule is CC(C)c1ccc(-c2ccc(Oc3cc(C(=O)NC4(C#N)CCN(C(=O)OC(C)(C)C)CC4)ccc3CN3C[C@@H](C)CC3=O)cc2)nn1. The first-order valence-electron chi connectivity index (χ1n) is 16.5. The molecule has 0 spiro atoms. The van der Waals surface area contributed by atoms with E-state index in [2.05, 4.69) is 35.4 Å². The van der Waals surface area contributed by atoms with E-state index < -0.39 is 23.1 Å². The molecule has 1 N–H and O–H groups in total. The molecule has 2 aliphatic rings. The van der Waals surface area contributed by atoms with Crippen LogP contribution in [0, 0.1) is 17.2 Å². The summed E-state index contributed by atoms with van der Waals surface area (Å²) in [6, 6.07) is 18.8. The van der Waals surface area contributed by atoms with Gasteiger partial charge in [-0.05, 0) is 81.1 Å². The number of aromatic nitrogens is 2. The van der Waals surface area contributed by atoms with Crippen molar-refractivity contribution in [1.82, 2.24) is 25.3 Å². The quantitative estimate of drug-likeness (QED) is 0.293. The second-order valence-corrected chi connectivity index (χ2v) is 14.1. The monoisotopic (exact) mass is 652 g/mol. The minimum atomic E-state index is -1.14. The van der Waals surface area contributed by atoms with Crippen molar-refractivity contribution in [3.05, 3.63) is 71.4 Å². The minimum absolute atomic E-state index is 0.0814. The van der Waals surface area contributed by atoms with Crippen LogP contribution in [0.4, 0.5) is 4.79 Å². The number of benzene rings is 2. The van der Waals surface area contributed by atoms with Crippen molar-refractivity contribution in [3.8, 4) is 28.8 Å². The number of hydrogen-bond acceptors (Lipinski definition) is 8. The summed E-state index contributed by atoms with van der Waals surface area (Å²) in [5.74, 6) is 1.20. The number of likely N-dealkylation sites (tertiary alicyclic amines) is 2. The third-order valence-corrected chi connectivity index (χ3v) is 8.59. The minimum Gasteiger partial charge on any atom is -0.457 e. The van der Waals surface area contributed by atoms with Crippen LogP contribution in [0.3, 0.4) is 0 Å². The van der Waals surface area contributed by atoms with Crippen molar-refractivity contribution in [2.75, 3.05) is 19.6 Å². The fourth-order valence-electron chi connectivity index (χ4n) is 5.83. The van der Waals surface area contributed by atoms with Crippen LogP contribution in [0.1, 0.15) is 88.3 Å². The number of nitrogens with one attached hydrogen (secondary N) is 1. The maximum Gasteiger partial charge on any atom is 0.410 e. The van der Waals surface area contributed by atoms with Crippen molar-refractivity contribution in [2.24, 2.45) is 5.92 Å². The van der Waals surface area contributed by atoms with Gasteiger partial charge in [-0.1, -0.05) is 26.8 Å². The predicted octanol–water partition coefficient (Wildman–Crippen LogP) is 6.45. The lowest BCUT2D eigenvalue weighted by molar-refractivity contribution is -0.128. The van der Waals surface area contributed by atoms with Crippen LogP contribution in [0.25, 0.3) is 11.3 Å². The highest BCUT2D eigenvalue weighted by Gasteiger charge is 2.39. The molecule has 3 heterocycles. The molecule has 0 radical (unpaired) electrons. The van der Waals surface area contributed by atoms with E-state index in [0.29, 0.717) is 36.6 Å². The lowest BCUT2D eigenvalue weighted by Gasteiger charge is -2.38. The summed E-state index contributed by atoms with van der Waals surface area (Å²) in [5.41, 5.74) is 1.86. The maximum atomic E-state index is 13.6. The van der Waals surface area contributed by atoms with Crippen molar-refractivity contribution in [1.29, 1.82) is 5.26 Å². The summed E-state index contributed by atoms with van der Waals surface area (Å²) in [5, 5.41) is 21.7. The number of nitrogens with zero attached hydrogens (tertiary/aromatic N) is 5. The molecule has 0 unspecified atom stereocenters. The van der Waals surface area contributed by atoms with E-state index in [-0.39, 0.29) is 43.7 Å². The summed E-state index contributed by atoms with van der Waals surface area (Å²) < 4.78 is 11.8. The first-order chi connectivity index (χ1) is 22.7. The van der Waals surface area contributed by atoms with Crippen LogP contribution in [0.2, 0.25) is 0 Å². The van der Waals surface area contributed by atoms with Gasteiger partial charge in [0.15, 0.2) is 0 Å². The number of ether oxygens (including phenoxy) is 2. The Bertz CT molecular complexity index is 1680.